The lowest BCUT2D eigenvalue weighted by atomic mass is 10.3. The highest BCUT2D eigenvalue weighted by Crippen LogP contribution is 1.88. The number of aromatic amines is 1. The number of rotatable bonds is 2. The van der Waals surface area contributed by atoms with Crippen molar-refractivity contribution in [2.45, 2.75) is 6.54 Å². The standard InChI is InChI=1S/C7H11N3OS/c1-8-3-5-4-10(2)7(12)9-6(5)11/h4,8H,3H2,1-2H3,(H,9,11,12). The van der Waals surface area contributed by atoms with Gasteiger partial charge in [-0.1, -0.05) is 0 Å². The molecule has 0 aliphatic carbocycles. The van der Waals surface area contributed by atoms with Crippen LogP contribution in [0.25, 0.3) is 0 Å². The molecule has 0 spiro atoms. The van der Waals surface area contributed by atoms with Gasteiger partial charge in [0.2, 0.25) is 0 Å². The minimum atomic E-state index is -0.118. The van der Waals surface area contributed by atoms with Crippen molar-refractivity contribution in [2.24, 2.45) is 7.05 Å². The zero-order valence-electron chi connectivity index (χ0n) is 7.05. The molecule has 0 aliphatic heterocycles. The van der Waals surface area contributed by atoms with Gasteiger partial charge in [0, 0.05) is 25.4 Å². The second-order valence-corrected chi connectivity index (χ2v) is 2.94. The van der Waals surface area contributed by atoms with Crippen LogP contribution < -0.4 is 10.9 Å². The van der Waals surface area contributed by atoms with E-state index in [4.69, 9.17) is 12.2 Å². The van der Waals surface area contributed by atoms with Gasteiger partial charge in [0.1, 0.15) is 0 Å². The summed E-state index contributed by atoms with van der Waals surface area (Å²) < 4.78 is 2.16. The van der Waals surface area contributed by atoms with E-state index < -0.39 is 0 Å². The van der Waals surface area contributed by atoms with Crippen molar-refractivity contribution in [3.8, 4) is 0 Å². The van der Waals surface area contributed by atoms with E-state index in [0.717, 1.165) is 0 Å². The van der Waals surface area contributed by atoms with Gasteiger partial charge in [-0.3, -0.25) is 9.78 Å². The lowest BCUT2D eigenvalue weighted by Crippen LogP contribution is -2.20. The summed E-state index contributed by atoms with van der Waals surface area (Å²) in [5, 5.41) is 2.90. The molecule has 1 heterocycles. The zero-order valence-corrected chi connectivity index (χ0v) is 7.86. The maximum atomic E-state index is 11.2. The maximum Gasteiger partial charge on any atom is 0.256 e. The van der Waals surface area contributed by atoms with E-state index in [1.165, 1.54) is 0 Å². The molecule has 1 rings (SSSR count). The molecule has 0 saturated carbocycles. The Labute approximate surface area is 75.2 Å². The SMILES string of the molecule is CNCc1cn(C)c(=S)[nH]c1=O. The summed E-state index contributed by atoms with van der Waals surface area (Å²) in [6.45, 7) is 0.554. The van der Waals surface area contributed by atoms with Crippen LogP contribution in [-0.4, -0.2) is 16.6 Å². The number of nitrogens with one attached hydrogen (secondary N) is 2. The van der Waals surface area contributed by atoms with Crippen LogP contribution in [0.5, 0.6) is 0 Å². The van der Waals surface area contributed by atoms with Crippen molar-refractivity contribution in [3.63, 3.8) is 0 Å². The van der Waals surface area contributed by atoms with Crippen LogP contribution in [0, 0.1) is 4.77 Å². The Morgan fingerprint density at radius 3 is 3.00 bits per heavy atom. The molecule has 0 aliphatic rings. The summed E-state index contributed by atoms with van der Waals surface area (Å²) in [6, 6.07) is 0. The second-order valence-electron chi connectivity index (χ2n) is 2.55. The van der Waals surface area contributed by atoms with Crippen molar-refractivity contribution in [3.05, 3.63) is 26.9 Å². The Hall–Kier alpha value is -0.940. The zero-order chi connectivity index (χ0) is 9.14. The van der Waals surface area contributed by atoms with Crippen LogP contribution in [0.3, 0.4) is 0 Å². The van der Waals surface area contributed by atoms with E-state index in [0.29, 0.717) is 16.9 Å². The van der Waals surface area contributed by atoms with E-state index in [1.54, 1.807) is 24.9 Å². The lowest BCUT2D eigenvalue weighted by Gasteiger charge is -2.02. The normalized spacial score (nSPS) is 10.2. The second kappa shape index (κ2) is 3.64. The number of H-pyrrole nitrogens is 1. The first-order valence-corrected chi connectivity index (χ1v) is 3.99. The number of hydrogen-bond acceptors (Lipinski definition) is 3. The average molecular weight is 185 g/mol. The molecule has 5 heteroatoms. The van der Waals surface area contributed by atoms with Crippen molar-refractivity contribution in [1.82, 2.24) is 14.9 Å². The number of aryl methyl sites for hydroxylation is 1. The first kappa shape index (κ1) is 9.15. The first-order valence-electron chi connectivity index (χ1n) is 3.58. The highest BCUT2D eigenvalue weighted by molar-refractivity contribution is 7.71. The topological polar surface area (TPSA) is 49.8 Å². The van der Waals surface area contributed by atoms with E-state index >= 15 is 0 Å². The molecule has 0 amide bonds. The molecule has 2 N–H and O–H groups in total. The molecule has 0 fully saturated rings. The molecule has 66 valence electrons. The minimum Gasteiger partial charge on any atom is -0.328 e. The molecular weight excluding hydrogens is 174 g/mol. The number of aromatic nitrogens is 2. The fraction of sp³-hybridized carbons (Fsp3) is 0.429. The van der Waals surface area contributed by atoms with Gasteiger partial charge < -0.3 is 9.88 Å². The Bertz CT molecular complexity index is 379. The molecule has 1 aromatic heterocycles. The van der Waals surface area contributed by atoms with Crippen LogP contribution in [0.1, 0.15) is 5.56 Å². The molecule has 0 aromatic carbocycles. The van der Waals surface area contributed by atoms with Gasteiger partial charge >= 0.3 is 0 Å². The third kappa shape index (κ3) is 1.80. The number of hydrogen-bond donors (Lipinski definition) is 2. The molecule has 4 nitrogen and oxygen atoms in total. The Balaban J connectivity index is 3.24. The predicted octanol–water partition coefficient (Wildman–Crippen LogP) is 0.162. The van der Waals surface area contributed by atoms with Crippen molar-refractivity contribution >= 4 is 12.2 Å². The quantitative estimate of drug-likeness (QED) is 0.645. The van der Waals surface area contributed by atoms with Crippen LogP contribution in [0.4, 0.5) is 0 Å². The van der Waals surface area contributed by atoms with Crippen molar-refractivity contribution < 1.29 is 0 Å². The Morgan fingerprint density at radius 2 is 2.42 bits per heavy atom. The van der Waals surface area contributed by atoms with Gasteiger partial charge in [-0.15, -0.1) is 0 Å². The smallest absolute Gasteiger partial charge is 0.256 e. The molecule has 0 atom stereocenters. The summed E-state index contributed by atoms with van der Waals surface area (Å²) in [7, 11) is 3.60. The molecular formula is C7H11N3OS. The van der Waals surface area contributed by atoms with E-state index in [9.17, 15) is 4.79 Å². The summed E-state index contributed by atoms with van der Waals surface area (Å²) >= 11 is 4.87. The fourth-order valence-corrected chi connectivity index (χ4v) is 1.08. The highest BCUT2D eigenvalue weighted by Gasteiger charge is 1.98. The average Bonchev–Trinajstić information content (AvgIpc) is 2.01. The van der Waals surface area contributed by atoms with Crippen LogP contribution in [0.2, 0.25) is 0 Å². The lowest BCUT2D eigenvalue weighted by molar-refractivity contribution is 0.753. The van der Waals surface area contributed by atoms with Gasteiger partial charge in [0.15, 0.2) is 4.77 Å². The fourth-order valence-electron chi connectivity index (χ4n) is 0.933. The number of nitrogens with zero attached hydrogens (tertiary/aromatic N) is 1. The maximum absolute atomic E-state index is 11.2. The Morgan fingerprint density at radius 1 is 1.75 bits per heavy atom. The molecule has 1 aromatic rings. The van der Waals surface area contributed by atoms with E-state index in [-0.39, 0.29) is 5.56 Å². The molecule has 0 bridgehead atoms. The van der Waals surface area contributed by atoms with Gasteiger partial charge in [-0.25, -0.2) is 0 Å². The van der Waals surface area contributed by atoms with Crippen molar-refractivity contribution in [1.29, 1.82) is 0 Å². The van der Waals surface area contributed by atoms with E-state index in [2.05, 4.69) is 10.3 Å². The van der Waals surface area contributed by atoms with Gasteiger partial charge in [-0.2, -0.15) is 0 Å². The van der Waals surface area contributed by atoms with Gasteiger partial charge in [0.05, 0.1) is 0 Å². The van der Waals surface area contributed by atoms with Crippen LogP contribution >= 0.6 is 12.2 Å². The van der Waals surface area contributed by atoms with Gasteiger partial charge in [-0.05, 0) is 19.3 Å². The summed E-state index contributed by atoms with van der Waals surface area (Å²) in [6.07, 6.45) is 1.73. The van der Waals surface area contributed by atoms with Crippen LogP contribution in [0.15, 0.2) is 11.0 Å². The van der Waals surface area contributed by atoms with Crippen molar-refractivity contribution in [2.75, 3.05) is 7.05 Å². The summed E-state index contributed by atoms with van der Waals surface area (Å²) in [5.41, 5.74) is 0.570. The largest absolute Gasteiger partial charge is 0.328 e. The summed E-state index contributed by atoms with van der Waals surface area (Å²) in [4.78, 5) is 13.8. The molecule has 0 saturated heterocycles. The minimum absolute atomic E-state index is 0.118. The first-order chi connectivity index (χ1) is 5.65. The third-order valence-corrected chi connectivity index (χ3v) is 1.94. The third-order valence-electron chi connectivity index (χ3n) is 1.55. The molecule has 0 radical (unpaired) electrons. The monoisotopic (exact) mass is 185 g/mol. The summed E-state index contributed by atoms with van der Waals surface area (Å²) in [5.74, 6) is 0. The van der Waals surface area contributed by atoms with Gasteiger partial charge in [0.25, 0.3) is 5.56 Å². The molecule has 0 unspecified atom stereocenters. The molecule has 12 heavy (non-hydrogen) atoms. The van der Waals surface area contributed by atoms with E-state index in [1.807, 2.05) is 0 Å². The predicted molar refractivity (Wildman–Crippen MR) is 49.6 cm³/mol. The van der Waals surface area contributed by atoms with Crippen LogP contribution in [-0.2, 0) is 13.6 Å². The highest BCUT2D eigenvalue weighted by atomic mass is 32.1. The Kier molecular flexibility index (Phi) is 2.78.